The molecular weight excluding hydrogens is 370 g/mol. The highest BCUT2D eigenvalue weighted by Gasteiger charge is 2.29. The summed E-state index contributed by atoms with van der Waals surface area (Å²) in [7, 11) is -3.58. The first-order chi connectivity index (χ1) is 12.6. The minimum absolute atomic E-state index is 0.252. The van der Waals surface area contributed by atoms with Gasteiger partial charge in [-0.15, -0.1) is 0 Å². The summed E-state index contributed by atoms with van der Waals surface area (Å²) in [6.45, 7) is 3.24. The van der Waals surface area contributed by atoms with Gasteiger partial charge >= 0.3 is 0 Å². The molecule has 0 N–H and O–H groups in total. The van der Waals surface area contributed by atoms with Crippen LogP contribution in [0, 0.1) is 0 Å². The van der Waals surface area contributed by atoms with E-state index >= 15 is 0 Å². The van der Waals surface area contributed by atoms with Gasteiger partial charge in [-0.05, 0) is 37.2 Å². The van der Waals surface area contributed by atoms with Crippen LogP contribution in [0.4, 0.5) is 0 Å². The lowest BCUT2D eigenvalue weighted by atomic mass is 10.3. The van der Waals surface area contributed by atoms with Crippen LogP contribution in [0.2, 0.25) is 0 Å². The third kappa shape index (κ3) is 3.48. The average molecular weight is 390 g/mol. The number of nitrogens with zero attached hydrogens (tertiary/aromatic N) is 5. The molecule has 0 atom stereocenters. The predicted octanol–water partition coefficient (Wildman–Crippen LogP) is 1.98. The highest BCUT2D eigenvalue weighted by Crippen LogP contribution is 2.25. The lowest BCUT2D eigenvalue weighted by molar-refractivity contribution is 0.275. The molecule has 1 saturated heterocycles. The summed E-state index contributed by atoms with van der Waals surface area (Å²) in [6.07, 6.45) is 2.57. The number of hydrogen-bond acceptors (Lipinski definition) is 7. The summed E-state index contributed by atoms with van der Waals surface area (Å²) in [5.41, 5.74) is 2.09. The number of hydrogen-bond donors (Lipinski definition) is 0. The van der Waals surface area contributed by atoms with Gasteiger partial charge < -0.3 is 0 Å². The zero-order valence-electron chi connectivity index (χ0n) is 14.2. The molecule has 0 spiro atoms. The van der Waals surface area contributed by atoms with Gasteiger partial charge in [-0.3, -0.25) is 9.88 Å². The van der Waals surface area contributed by atoms with E-state index in [1.54, 1.807) is 28.7 Å². The van der Waals surface area contributed by atoms with Gasteiger partial charge in [0.1, 0.15) is 15.9 Å². The molecule has 0 radical (unpaired) electrons. The van der Waals surface area contributed by atoms with Gasteiger partial charge in [0.2, 0.25) is 10.0 Å². The van der Waals surface area contributed by atoms with Gasteiger partial charge in [-0.2, -0.15) is 13.1 Å². The maximum atomic E-state index is 13.1. The monoisotopic (exact) mass is 389 g/mol. The van der Waals surface area contributed by atoms with Crippen LogP contribution >= 0.6 is 11.7 Å². The number of rotatable bonds is 4. The van der Waals surface area contributed by atoms with Crippen LogP contribution in [-0.4, -0.2) is 57.5 Å². The summed E-state index contributed by atoms with van der Waals surface area (Å²) in [5, 5.41) is 0. The molecule has 1 aliphatic rings. The molecule has 1 aromatic carbocycles. The van der Waals surface area contributed by atoms with Gasteiger partial charge in [0, 0.05) is 32.4 Å². The molecule has 26 heavy (non-hydrogen) atoms. The fourth-order valence-corrected chi connectivity index (χ4v) is 5.42. The Kier molecular flexibility index (Phi) is 4.94. The lowest BCUT2D eigenvalue weighted by Gasteiger charge is -2.21. The molecule has 0 amide bonds. The molecule has 4 rings (SSSR count). The zero-order valence-corrected chi connectivity index (χ0v) is 15.8. The lowest BCUT2D eigenvalue weighted by Crippen LogP contribution is -2.35. The Labute approximate surface area is 156 Å². The average Bonchev–Trinajstić information content (AvgIpc) is 3.01. The first kappa shape index (κ1) is 17.5. The summed E-state index contributed by atoms with van der Waals surface area (Å²) in [5.74, 6) is 0. The minimum atomic E-state index is -3.58. The zero-order chi connectivity index (χ0) is 18.0. The molecule has 136 valence electrons. The van der Waals surface area contributed by atoms with E-state index in [1.165, 1.54) is 0 Å². The van der Waals surface area contributed by atoms with E-state index in [4.69, 9.17) is 0 Å². The van der Waals surface area contributed by atoms with Crippen LogP contribution in [0.3, 0.4) is 0 Å². The molecule has 0 saturated carbocycles. The van der Waals surface area contributed by atoms with Crippen molar-refractivity contribution in [2.45, 2.75) is 17.9 Å². The van der Waals surface area contributed by atoms with E-state index in [2.05, 4.69) is 18.6 Å². The van der Waals surface area contributed by atoms with Gasteiger partial charge in [0.15, 0.2) is 0 Å². The number of sulfonamides is 1. The smallest absolute Gasteiger partial charge is 0.245 e. The van der Waals surface area contributed by atoms with E-state index in [9.17, 15) is 8.42 Å². The van der Waals surface area contributed by atoms with Crippen molar-refractivity contribution in [3.8, 4) is 0 Å². The second kappa shape index (κ2) is 7.36. The largest absolute Gasteiger partial charge is 0.296 e. The van der Waals surface area contributed by atoms with Crippen LogP contribution in [-0.2, 0) is 16.6 Å². The van der Waals surface area contributed by atoms with E-state index < -0.39 is 10.0 Å². The summed E-state index contributed by atoms with van der Waals surface area (Å²) >= 11 is 1.04. The van der Waals surface area contributed by atoms with Gasteiger partial charge in [0.05, 0.1) is 17.4 Å². The summed E-state index contributed by atoms with van der Waals surface area (Å²) < 4.78 is 36.2. The van der Waals surface area contributed by atoms with Crippen LogP contribution in [0.5, 0.6) is 0 Å². The van der Waals surface area contributed by atoms with Crippen molar-refractivity contribution in [3.05, 3.63) is 48.3 Å². The van der Waals surface area contributed by atoms with E-state index in [0.29, 0.717) is 30.7 Å². The third-order valence-electron chi connectivity index (χ3n) is 4.53. The van der Waals surface area contributed by atoms with Gasteiger partial charge in [0.25, 0.3) is 0 Å². The highest BCUT2D eigenvalue weighted by molar-refractivity contribution is 7.89. The quantitative estimate of drug-likeness (QED) is 0.679. The number of aromatic nitrogens is 3. The number of pyridine rings is 1. The molecular formula is C17H19N5O2S2. The van der Waals surface area contributed by atoms with Crippen molar-refractivity contribution in [3.63, 3.8) is 0 Å². The molecule has 3 heterocycles. The van der Waals surface area contributed by atoms with Gasteiger partial charge in [-0.1, -0.05) is 12.1 Å². The summed E-state index contributed by atoms with van der Waals surface area (Å²) in [4.78, 5) is 6.86. The molecule has 1 fully saturated rings. The standard InChI is InChI=1S/C17H19N5O2S2/c23-26(24,16-7-3-6-15-17(16)20-25-19-15)22-10-4-9-21(11-12-22)13-14-5-1-2-8-18-14/h1-3,5-8H,4,9-13H2. The predicted molar refractivity (Wildman–Crippen MR) is 100 cm³/mol. The first-order valence-electron chi connectivity index (χ1n) is 8.48. The second-order valence-corrected chi connectivity index (χ2v) is 8.68. The third-order valence-corrected chi connectivity index (χ3v) is 7.00. The maximum Gasteiger partial charge on any atom is 0.245 e. The SMILES string of the molecule is O=S(=O)(c1cccc2nsnc12)N1CCCN(Cc2ccccn2)CC1. The number of fused-ring (bicyclic) bond motifs is 1. The van der Waals surface area contributed by atoms with Crippen LogP contribution < -0.4 is 0 Å². The second-order valence-electron chi connectivity index (χ2n) is 6.24. The molecule has 3 aromatic rings. The van der Waals surface area contributed by atoms with E-state index in [0.717, 1.165) is 36.9 Å². The maximum absolute atomic E-state index is 13.1. The van der Waals surface area contributed by atoms with Crippen LogP contribution in [0.1, 0.15) is 12.1 Å². The Morgan fingerprint density at radius 2 is 1.92 bits per heavy atom. The Hall–Kier alpha value is -1.94. The highest BCUT2D eigenvalue weighted by atomic mass is 32.2. The van der Waals surface area contributed by atoms with E-state index in [-0.39, 0.29) is 4.90 Å². The van der Waals surface area contributed by atoms with Crippen molar-refractivity contribution in [1.29, 1.82) is 0 Å². The molecule has 0 bridgehead atoms. The molecule has 0 unspecified atom stereocenters. The summed E-state index contributed by atoms with van der Waals surface area (Å²) in [6, 6.07) is 11.0. The number of benzene rings is 1. The van der Waals surface area contributed by atoms with Crippen LogP contribution in [0.15, 0.2) is 47.5 Å². The molecule has 7 nitrogen and oxygen atoms in total. The van der Waals surface area contributed by atoms with E-state index in [1.807, 2.05) is 18.2 Å². The van der Waals surface area contributed by atoms with Crippen LogP contribution in [0.25, 0.3) is 11.0 Å². The van der Waals surface area contributed by atoms with Gasteiger partial charge in [-0.25, -0.2) is 8.42 Å². The first-order valence-corrected chi connectivity index (χ1v) is 10.7. The molecule has 0 aliphatic carbocycles. The van der Waals surface area contributed by atoms with Crippen molar-refractivity contribution in [1.82, 2.24) is 22.9 Å². The molecule has 2 aromatic heterocycles. The Bertz CT molecular complexity index is 991. The topological polar surface area (TPSA) is 79.3 Å². The van der Waals surface area contributed by atoms with Crippen molar-refractivity contribution >= 4 is 32.8 Å². The Morgan fingerprint density at radius 1 is 1.00 bits per heavy atom. The van der Waals surface area contributed by atoms with Crippen molar-refractivity contribution in [2.75, 3.05) is 26.2 Å². The Morgan fingerprint density at radius 3 is 2.77 bits per heavy atom. The Balaban J connectivity index is 1.52. The molecule has 1 aliphatic heterocycles. The normalized spacial score (nSPS) is 17.4. The fourth-order valence-electron chi connectivity index (χ4n) is 3.20. The van der Waals surface area contributed by atoms with Crippen molar-refractivity contribution in [2.24, 2.45) is 0 Å². The fraction of sp³-hybridized carbons (Fsp3) is 0.353. The minimum Gasteiger partial charge on any atom is -0.296 e. The van der Waals surface area contributed by atoms with Crippen molar-refractivity contribution < 1.29 is 8.42 Å². The molecule has 9 heteroatoms.